The van der Waals surface area contributed by atoms with Crippen molar-refractivity contribution in [3.05, 3.63) is 60.7 Å². The molecule has 0 heterocycles. The molecule has 0 aliphatic heterocycles. The van der Waals surface area contributed by atoms with Gasteiger partial charge in [-0.15, -0.1) is 0 Å². The molecule has 0 aromatic heterocycles. The van der Waals surface area contributed by atoms with Gasteiger partial charge in [-0.25, -0.2) is 0 Å². The zero-order valence-electron chi connectivity index (χ0n) is 14.6. The summed E-state index contributed by atoms with van der Waals surface area (Å²) in [5, 5.41) is 5.67. The van der Waals surface area contributed by atoms with E-state index in [-0.39, 0.29) is 0 Å². The molecule has 0 unspecified atom stereocenters. The molecule has 0 fully saturated rings. The van der Waals surface area contributed by atoms with E-state index in [1.54, 1.807) is 8.79 Å². The quantitative estimate of drug-likeness (QED) is 0.591. The predicted molar refractivity (Wildman–Crippen MR) is 106 cm³/mol. The van der Waals surface area contributed by atoms with Gasteiger partial charge < -0.3 is 0 Å². The molecule has 0 saturated carbocycles. The third-order valence-electron chi connectivity index (χ3n) is 4.07. The fraction of sp³-hybridized carbons (Fsp3) is 0.400. The van der Waals surface area contributed by atoms with Crippen LogP contribution in [0.5, 0.6) is 0 Å². The van der Waals surface area contributed by atoms with Crippen molar-refractivity contribution < 1.29 is 0 Å². The van der Waals surface area contributed by atoms with E-state index in [2.05, 4.69) is 88.4 Å². The molecule has 0 N–H and O–H groups in total. The van der Waals surface area contributed by atoms with Crippen molar-refractivity contribution >= 4 is 37.5 Å². The molecule has 0 atom stereocenters. The van der Waals surface area contributed by atoms with Crippen molar-refractivity contribution in [2.45, 2.75) is 48.7 Å². The first-order chi connectivity index (χ1) is 10.8. The SMILES string of the molecule is C[CH2][Ge]([CH2]C)[c]1ccccc1.C[CH2][Ge]([CH2]C)[c]1ccccc1. The van der Waals surface area contributed by atoms with Crippen molar-refractivity contribution in [3.63, 3.8) is 0 Å². The van der Waals surface area contributed by atoms with Crippen LogP contribution in [0.1, 0.15) is 27.7 Å². The van der Waals surface area contributed by atoms with Crippen LogP contribution in [-0.4, -0.2) is 28.7 Å². The Labute approximate surface area is 146 Å². The van der Waals surface area contributed by atoms with Gasteiger partial charge in [0, 0.05) is 0 Å². The zero-order valence-corrected chi connectivity index (χ0v) is 18.8. The molecule has 0 spiro atoms. The van der Waals surface area contributed by atoms with Crippen LogP contribution in [0.4, 0.5) is 0 Å². The maximum atomic E-state index is 2.33. The number of hydrogen-bond donors (Lipinski definition) is 0. The first kappa shape index (κ1) is 19.6. The molecule has 2 heteroatoms. The van der Waals surface area contributed by atoms with Gasteiger partial charge in [0.25, 0.3) is 0 Å². The van der Waals surface area contributed by atoms with Gasteiger partial charge in [0.1, 0.15) is 0 Å². The molecule has 0 bridgehead atoms. The summed E-state index contributed by atoms with van der Waals surface area (Å²) >= 11 is -1.63. The van der Waals surface area contributed by atoms with Crippen LogP contribution < -0.4 is 8.79 Å². The summed E-state index contributed by atoms with van der Waals surface area (Å²) in [5.74, 6) is 0. The average Bonchev–Trinajstić information content (AvgIpc) is 2.60. The first-order valence-corrected chi connectivity index (χ1v) is 16.6. The molecule has 0 nitrogen and oxygen atoms in total. The molecule has 118 valence electrons. The van der Waals surface area contributed by atoms with Gasteiger partial charge in [-0.05, 0) is 0 Å². The van der Waals surface area contributed by atoms with E-state index in [9.17, 15) is 0 Å². The van der Waals surface area contributed by atoms with Crippen molar-refractivity contribution in [1.82, 2.24) is 0 Å². The van der Waals surface area contributed by atoms with Crippen molar-refractivity contribution in [2.75, 3.05) is 0 Å². The standard InChI is InChI=1S/2C10H15Ge/c2*1-3-11(4-2)10-8-6-5-7-9-10/h2*5-9H,3-4H2,1-2H3. The fourth-order valence-corrected chi connectivity index (χ4v) is 11.0. The van der Waals surface area contributed by atoms with E-state index in [4.69, 9.17) is 0 Å². The summed E-state index contributed by atoms with van der Waals surface area (Å²) in [6.45, 7) is 9.30. The van der Waals surface area contributed by atoms with Gasteiger partial charge >= 0.3 is 147 Å². The summed E-state index contributed by atoms with van der Waals surface area (Å²) < 4.78 is 3.30. The first-order valence-electron chi connectivity index (χ1n) is 8.56. The molecule has 22 heavy (non-hydrogen) atoms. The van der Waals surface area contributed by atoms with Gasteiger partial charge in [-0.2, -0.15) is 0 Å². The minimum absolute atomic E-state index is 0.813. The zero-order chi connectivity index (χ0) is 16.2. The number of benzene rings is 2. The Morgan fingerprint density at radius 1 is 0.500 bits per heavy atom. The second-order valence-electron chi connectivity index (χ2n) is 5.35. The van der Waals surface area contributed by atoms with Crippen LogP contribution in [0.15, 0.2) is 60.7 Å². The number of rotatable bonds is 6. The Kier molecular flexibility index (Phi) is 10.7. The van der Waals surface area contributed by atoms with Crippen LogP contribution in [0.25, 0.3) is 0 Å². The topological polar surface area (TPSA) is 0 Å². The Hall–Kier alpha value is -0.474. The van der Waals surface area contributed by atoms with Crippen LogP contribution in [0.2, 0.25) is 21.0 Å². The molecule has 0 aliphatic carbocycles. The van der Waals surface area contributed by atoms with Crippen molar-refractivity contribution in [3.8, 4) is 0 Å². The molecule has 2 radical (unpaired) electrons. The normalized spacial score (nSPS) is 10.5. The van der Waals surface area contributed by atoms with E-state index in [0.717, 1.165) is 0 Å². The van der Waals surface area contributed by atoms with Crippen molar-refractivity contribution in [1.29, 1.82) is 0 Å². The van der Waals surface area contributed by atoms with Crippen LogP contribution in [0, 0.1) is 0 Å². The molecule has 2 aromatic carbocycles. The van der Waals surface area contributed by atoms with Crippen LogP contribution in [0.3, 0.4) is 0 Å². The molecule has 0 aliphatic rings. The van der Waals surface area contributed by atoms with Crippen LogP contribution in [-0.2, 0) is 0 Å². The van der Waals surface area contributed by atoms with Crippen LogP contribution >= 0.6 is 0 Å². The molecule has 0 saturated heterocycles. The summed E-state index contributed by atoms with van der Waals surface area (Å²) in [7, 11) is 0. The molecular formula is C20H30Ge2. The van der Waals surface area contributed by atoms with Crippen molar-refractivity contribution in [2.24, 2.45) is 0 Å². The Morgan fingerprint density at radius 3 is 1.00 bits per heavy atom. The monoisotopic (exact) mass is 418 g/mol. The van der Waals surface area contributed by atoms with Gasteiger partial charge in [0.2, 0.25) is 0 Å². The summed E-state index contributed by atoms with van der Waals surface area (Å²) in [6, 6.07) is 22.0. The maximum absolute atomic E-state index is 2.33. The Balaban J connectivity index is 0.000000220. The van der Waals surface area contributed by atoms with E-state index in [0.29, 0.717) is 0 Å². The molecule has 0 amide bonds. The van der Waals surface area contributed by atoms with Gasteiger partial charge in [0.05, 0.1) is 0 Å². The van der Waals surface area contributed by atoms with E-state index < -0.39 is 28.7 Å². The second kappa shape index (κ2) is 12.0. The van der Waals surface area contributed by atoms with Gasteiger partial charge in [-0.1, -0.05) is 0 Å². The summed E-state index contributed by atoms with van der Waals surface area (Å²) in [6.07, 6.45) is 0. The summed E-state index contributed by atoms with van der Waals surface area (Å²) in [4.78, 5) is 0. The molecular weight excluding hydrogens is 385 g/mol. The molecule has 2 rings (SSSR count). The third-order valence-corrected chi connectivity index (χ3v) is 16.1. The average molecular weight is 416 g/mol. The Morgan fingerprint density at radius 2 is 0.773 bits per heavy atom. The second-order valence-corrected chi connectivity index (χ2v) is 18.8. The number of hydrogen-bond acceptors (Lipinski definition) is 0. The predicted octanol–water partition coefficient (Wildman–Crippen LogP) is 4.86. The fourth-order valence-electron chi connectivity index (χ4n) is 2.66. The minimum atomic E-state index is -0.813. The molecule has 2 aromatic rings. The third kappa shape index (κ3) is 6.74. The van der Waals surface area contributed by atoms with E-state index in [1.165, 1.54) is 21.0 Å². The summed E-state index contributed by atoms with van der Waals surface area (Å²) in [5.41, 5.74) is 0. The van der Waals surface area contributed by atoms with E-state index in [1.807, 2.05) is 0 Å². The van der Waals surface area contributed by atoms with Gasteiger partial charge in [0.15, 0.2) is 0 Å². The van der Waals surface area contributed by atoms with Gasteiger partial charge in [-0.3, -0.25) is 0 Å². The van der Waals surface area contributed by atoms with E-state index >= 15 is 0 Å². The Bertz CT molecular complexity index is 426.